The summed E-state index contributed by atoms with van der Waals surface area (Å²) in [6, 6.07) is 0. The first-order chi connectivity index (χ1) is 35.5. The molecule has 0 saturated carbocycles. The van der Waals surface area contributed by atoms with Gasteiger partial charge < -0.3 is 9.47 Å². The van der Waals surface area contributed by atoms with Gasteiger partial charge in [0, 0.05) is 25.2 Å². The van der Waals surface area contributed by atoms with E-state index in [1.807, 2.05) is 0 Å². The zero-order chi connectivity index (χ0) is 54.5. The summed E-state index contributed by atoms with van der Waals surface area (Å²) < 4.78 is 12.0. The number of rotatable bonds is 38. The summed E-state index contributed by atoms with van der Waals surface area (Å²) in [4.78, 5) is 25.5. The second kappa shape index (κ2) is 39.5. The summed E-state index contributed by atoms with van der Waals surface area (Å²) >= 11 is 0. The van der Waals surface area contributed by atoms with Crippen LogP contribution in [-0.2, 0) is 19.1 Å². The second-order valence-electron chi connectivity index (χ2n) is 23.9. The molecule has 2 aliphatic carbocycles. The van der Waals surface area contributed by atoms with Crippen molar-refractivity contribution in [3.05, 3.63) is 130 Å². The fraction of sp³-hybridized carbons (Fsp3) is 0.657. The lowest BCUT2D eigenvalue weighted by Crippen LogP contribution is -2.34. The van der Waals surface area contributed by atoms with Crippen molar-refractivity contribution in [3.63, 3.8) is 0 Å². The van der Waals surface area contributed by atoms with Crippen molar-refractivity contribution >= 4 is 11.9 Å². The van der Waals surface area contributed by atoms with Gasteiger partial charge in [-0.25, -0.2) is 0 Å². The predicted molar refractivity (Wildman–Crippen MR) is 323 cm³/mol. The number of hydrogen-bond acceptors (Lipinski definition) is 4. The number of hydrogen-bond donors (Lipinski definition) is 0. The van der Waals surface area contributed by atoms with Gasteiger partial charge in [0.2, 0.25) is 0 Å². The Bertz CT molecular complexity index is 1940. The number of carbonyl (C=O) groups is 2. The van der Waals surface area contributed by atoms with Crippen molar-refractivity contribution in [3.8, 4) is 0 Å². The van der Waals surface area contributed by atoms with E-state index in [-0.39, 0.29) is 35.0 Å². The van der Waals surface area contributed by atoms with Gasteiger partial charge in [-0.05, 0) is 89.7 Å². The summed E-state index contributed by atoms with van der Waals surface area (Å²) in [6.45, 7) is 26.6. The van der Waals surface area contributed by atoms with Gasteiger partial charge in [0.05, 0.1) is 0 Å². The summed E-state index contributed by atoms with van der Waals surface area (Å²) in [5, 5.41) is 0. The maximum Gasteiger partial charge on any atom is 0.306 e. The first kappa shape index (κ1) is 66.2. The Labute approximate surface area is 457 Å². The number of ether oxygens (including phenoxy) is 2. The van der Waals surface area contributed by atoms with Crippen LogP contribution in [0.15, 0.2) is 130 Å². The van der Waals surface area contributed by atoms with E-state index in [4.69, 9.17) is 9.47 Å². The highest BCUT2D eigenvalue weighted by molar-refractivity contribution is 5.70. The molecule has 416 valence electrons. The fourth-order valence-corrected chi connectivity index (χ4v) is 10.9. The molecular formula is C70H112O4. The van der Waals surface area contributed by atoms with Crippen LogP contribution in [0.25, 0.3) is 0 Å². The number of esters is 2. The predicted octanol–water partition coefficient (Wildman–Crippen LogP) is 21.7. The highest BCUT2D eigenvalue weighted by Gasteiger charge is 2.37. The summed E-state index contributed by atoms with van der Waals surface area (Å²) in [5.41, 5.74) is 8.64. The molecule has 0 aromatic heterocycles. The van der Waals surface area contributed by atoms with E-state index in [1.54, 1.807) is 0 Å². The highest BCUT2D eigenvalue weighted by atomic mass is 16.5. The third kappa shape index (κ3) is 31.2. The molecule has 0 amide bonds. The molecule has 0 aromatic rings. The first-order valence-corrected chi connectivity index (χ1v) is 30.3. The minimum Gasteiger partial charge on any atom is -0.462 e. The van der Waals surface area contributed by atoms with Crippen LogP contribution in [0.5, 0.6) is 0 Å². The lowest BCUT2D eigenvalue weighted by Gasteiger charge is -2.40. The molecule has 3 unspecified atom stereocenters. The molecule has 4 heteroatoms. The smallest absolute Gasteiger partial charge is 0.306 e. The topological polar surface area (TPSA) is 52.6 Å². The Kier molecular flexibility index (Phi) is 35.3. The zero-order valence-electron chi connectivity index (χ0n) is 50.0. The Hall–Kier alpha value is -3.92. The van der Waals surface area contributed by atoms with Crippen LogP contribution in [0.2, 0.25) is 0 Å². The third-order valence-corrected chi connectivity index (χ3v) is 15.3. The van der Waals surface area contributed by atoms with E-state index in [9.17, 15) is 9.59 Å². The van der Waals surface area contributed by atoms with Crippen molar-refractivity contribution in [2.45, 2.75) is 281 Å². The summed E-state index contributed by atoms with van der Waals surface area (Å²) in [6.07, 6.45) is 67.0. The standard InChI is InChI=1S/C70H112O4/c1-13-15-17-19-21-23-25-26-28-30-32-34-36-48-68(72)74-64-54-62(8)66(70(11,12)56-64)52-50-60(6)46-40-44-58(4)42-38-37-41-57(3)43-39-45-59(5)49-51-65-61(7)53-63(55-69(65,9)10)73-67(71)47-35-33-31-29-27-24-22-20-18-16-14-2/h37-46,49-53,63-65H,13-36,47-48,54-56H2,1-12H3. The molecule has 0 radical (unpaired) electrons. The molecular weight excluding hydrogens is 905 g/mol. The summed E-state index contributed by atoms with van der Waals surface area (Å²) in [7, 11) is 0. The lowest BCUT2D eigenvalue weighted by molar-refractivity contribution is -0.151. The van der Waals surface area contributed by atoms with Gasteiger partial charge >= 0.3 is 11.9 Å². The van der Waals surface area contributed by atoms with Crippen molar-refractivity contribution in [2.75, 3.05) is 0 Å². The SMILES string of the molecule is CCCCCCCCCCCCCCCC(=O)OC1CC(C)=C(C=CC(C)=CC=CC(C)=CC=CC=C(C)C=CC=C(C)C=CC2C(C)=CC(OC(=O)CCCCCCCCCCCCC)CC2(C)C)C(C)(C)C1. The minimum atomic E-state index is -0.142. The quantitative estimate of drug-likeness (QED) is 0.0268. The second-order valence-corrected chi connectivity index (χ2v) is 23.9. The van der Waals surface area contributed by atoms with Gasteiger partial charge in [0.15, 0.2) is 0 Å². The van der Waals surface area contributed by atoms with E-state index in [2.05, 4.69) is 174 Å². The molecule has 74 heavy (non-hydrogen) atoms. The van der Waals surface area contributed by atoms with Crippen LogP contribution >= 0.6 is 0 Å². The van der Waals surface area contributed by atoms with E-state index < -0.39 is 0 Å². The average Bonchev–Trinajstić information content (AvgIpc) is 3.32. The van der Waals surface area contributed by atoms with Crippen LogP contribution in [0.4, 0.5) is 0 Å². The van der Waals surface area contributed by atoms with Crippen molar-refractivity contribution in [1.82, 2.24) is 0 Å². The number of allylic oxidation sites excluding steroid dienone is 20. The molecule has 0 saturated heterocycles. The third-order valence-electron chi connectivity index (χ3n) is 15.3. The van der Waals surface area contributed by atoms with Gasteiger partial charge in [-0.1, -0.05) is 301 Å². The maximum atomic E-state index is 12.8. The monoisotopic (exact) mass is 1020 g/mol. The molecule has 0 spiro atoms. The van der Waals surface area contributed by atoms with Gasteiger partial charge in [0.1, 0.15) is 12.2 Å². The molecule has 0 aromatic carbocycles. The van der Waals surface area contributed by atoms with E-state index in [1.165, 1.54) is 167 Å². The molecule has 0 aliphatic heterocycles. The van der Waals surface area contributed by atoms with Crippen molar-refractivity contribution in [1.29, 1.82) is 0 Å². The van der Waals surface area contributed by atoms with Gasteiger partial charge in [-0.15, -0.1) is 0 Å². The van der Waals surface area contributed by atoms with Crippen molar-refractivity contribution in [2.24, 2.45) is 16.7 Å². The van der Waals surface area contributed by atoms with Crippen LogP contribution in [-0.4, -0.2) is 24.1 Å². The Morgan fingerprint density at radius 2 is 0.905 bits per heavy atom. The molecule has 0 fully saturated rings. The van der Waals surface area contributed by atoms with E-state index >= 15 is 0 Å². The lowest BCUT2D eigenvalue weighted by atomic mass is 9.67. The van der Waals surface area contributed by atoms with Crippen LogP contribution in [0.3, 0.4) is 0 Å². The van der Waals surface area contributed by atoms with Crippen LogP contribution in [0.1, 0.15) is 269 Å². The molecule has 3 atom stereocenters. The molecule has 0 bridgehead atoms. The Balaban J connectivity index is 1.74. The zero-order valence-corrected chi connectivity index (χ0v) is 50.0. The van der Waals surface area contributed by atoms with E-state index in [0.29, 0.717) is 18.8 Å². The Morgan fingerprint density at radius 1 is 0.514 bits per heavy atom. The van der Waals surface area contributed by atoms with Gasteiger partial charge in [-0.2, -0.15) is 0 Å². The summed E-state index contributed by atoms with van der Waals surface area (Å²) in [5.74, 6) is 0.223. The van der Waals surface area contributed by atoms with Crippen molar-refractivity contribution < 1.29 is 19.1 Å². The molecule has 4 nitrogen and oxygen atoms in total. The normalized spacial score (nSPS) is 20.1. The molecule has 2 rings (SSSR count). The van der Waals surface area contributed by atoms with Crippen LogP contribution < -0.4 is 0 Å². The number of unbranched alkanes of at least 4 members (excludes halogenated alkanes) is 22. The molecule has 0 N–H and O–H groups in total. The van der Waals surface area contributed by atoms with Crippen LogP contribution in [0, 0.1) is 16.7 Å². The molecule has 0 heterocycles. The van der Waals surface area contributed by atoms with Gasteiger partial charge in [-0.3, -0.25) is 9.59 Å². The molecule has 2 aliphatic rings. The fourth-order valence-electron chi connectivity index (χ4n) is 10.9. The minimum absolute atomic E-state index is 0.00416. The van der Waals surface area contributed by atoms with Gasteiger partial charge in [0.25, 0.3) is 0 Å². The highest BCUT2D eigenvalue weighted by Crippen LogP contribution is 2.44. The maximum absolute atomic E-state index is 12.8. The number of carbonyl (C=O) groups excluding carboxylic acids is 2. The Morgan fingerprint density at radius 3 is 1.34 bits per heavy atom. The largest absolute Gasteiger partial charge is 0.462 e. The first-order valence-electron chi connectivity index (χ1n) is 30.3. The average molecular weight is 1020 g/mol. The van der Waals surface area contributed by atoms with E-state index in [0.717, 1.165) is 44.9 Å².